The summed E-state index contributed by atoms with van der Waals surface area (Å²) in [6, 6.07) is 57.8. The van der Waals surface area contributed by atoms with Gasteiger partial charge in [-0.05, 0) is 75.8 Å². The summed E-state index contributed by atoms with van der Waals surface area (Å²) in [6.45, 7) is 4.65. The fraction of sp³-hybridized carbons (Fsp3) is 0.0652. The first-order chi connectivity index (χ1) is 25.1. The SMILES string of the molecule is CC1(C)c2ccccc2-c2ccc(-c3ccc(-c4nnc(-c5cccc(-n6c7ccccc7c7ccccc76)n5)n4-c4ccccc4)cc3)cc21. The van der Waals surface area contributed by atoms with Gasteiger partial charge in [-0.15, -0.1) is 10.2 Å². The Balaban J connectivity index is 1.06. The molecule has 0 spiro atoms. The van der Waals surface area contributed by atoms with E-state index in [2.05, 4.69) is 163 Å². The maximum atomic E-state index is 5.23. The summed E-state index contributed by atoms with van der Waals surface area (Å²) >= 11 is 0. The van der Waals surface area contributed by atoms with Crippen LogP contribution in [0.3, 0.4) is 0 Å². The van der Waals surface area contributed by atoms with Gasteiger partial charge in [0.05, 0.1) is 11.0 Å². The Morgan fingerprint density at radius 2 is 1.06 bits per heavy atom. The molecule has 9 aromatic rings. The van der Waals surface area contributed by atoms with Gasteiger partial charge in [-0.1, -0.05) is 135 Å². The summed E-state index contributed by atoms with van der Waals surface area (Å²) in [5.41, 5.74) is 12.7. The van der Waals surface area contributed by atoms with Crippen LogP contribution < -0.4 is 0 Å². The molecule has 5 heteroatoms. The lowest BCUT2D eigenvalue weighted by Gasteiger charge is -2.22. The van der Waals surface area contributed by atoms with E-state index in [9.17, 15) is 0 Å². The molecule has 0 saturated carbocycles. The minimum absolute atomic E-state index is 0.0444. The van der Waals surface area contributed by atoms with Crippen LogP contribution in [0.15, 0.2) is 164 Å². The molecule has 242 valence electrons. The van der Waals surface area contributed by atoms with E-state index in [1.54, 1.807) is 0 Å². The maximum absolute atomic E-state index is 5.23. The highest BCUT2D eigenvalue weighted by Gasteiger charge is 2.35. The molecule has 51 heavy (non-hydrogen) atoms. The van der Waals surface area contributed by atoms with E-state index < -0.39 is 0 Å². The number of fused-ring (bicyclic) bond motifs is 6. The lowest BCUT2D eigenvalue weighted by molar-refractivity contribution is 0.660. The normalized spacial score (nSPS) is 13.1. The average molecular weight is 656 g/mol. The van der Waals surface area contributed by atoms with Crippen LogP contribution >= 0.6 is 0 Å². The Morgan fingerprint density at radius 3 is 1.82 bits per heavy atom. The van der Waals surface area contributed by atoms with Gasteiger partial charge in [0.1, 0.15) is 11.5 Å². The number of nitrogens with zero attached hydrogens (tertiary/aromatic N) is 5. The molecule has 3 heterocycles. The van der Waals surface area contributed by atoms with Crippen LogP contribution in [-0.4, -0.2) is 24.3 Å². The molecular formula is C46H33N5. The lowest BCUT2D eigenvalue weighted by atomic mass is 9.81. The summed E-state index contributed by atoms with van der Waals surface area (Å²) in [6.07, 6.45) is 0. The molecule has 1 aliphatic rings. The van der Waals surface area contributed by atoms with Crippen molar-refractivity contribution in [1.29, 1.82) is 0 Å². The number of benzene rings is 6. The molecule has 0 fully saturated rings. The Hall–Kier alpha value is -6.59. The Bertz CT molecular complexity index is 2720. The summed E-state index contributed by atoms with van der Waals surface area (Å²) in [7, 11) is 0. The molecule has 0 bridgehead atoms. The second kappa shape index (κ2) is 11.2. The van der Waals surface area contributed by atoms with E-state index >= 15 is 0 Å². The second-order valence-electron chi connectivity index (χ2n) is 13.8. The van der Waals surface area contributed by atoms with E-state index in [-0.39, 0.29) is 5.41 Å². The quantitative estimate of drug-likeness (QED) is 0.185. The van der Waals surface area contributed by atoms with Crippen LogP contribution in [0.1, 0.15) is 25.0 Å². The first-order valence-electron chi connectivity index (χ1n) is 17.4. The van der Waals surface area contributed by atoms with Crippen molar-refractivity contribution in [2.75, 3.05) is 0 Å². The van der Waals surface area contributed by atoms with Crippen LogP contribution in [-0.2, 0) is 5.41 Å². The lowest BCUT2D eigenvalue weighted by Crippen LogP contribution is -2.14. The van der Waals surface area contributed by atoms with Gasteiger partial charge in [-0.2, -0.15) is 0 Å². The number of rotatable bonds is 5. The molecule has 1 aliphatic carbocycles. The highest BCUT2D eigenvalue weighted by atomic mass is 15.3. The van der Waals surface area contributed by atoms with E-state index in [1.807, 2.05) is 24.3 Å². The zero-order valence-electron chi connectivity index (χ0n) is 28.3. The van der Waals surface area contributed by atoms with Crippen molar-refractivity contribution in [1.82, 2.24) is 24.3 Å². The number of para-hydroxylation sites is 3. The third kappa shape index (κ3) is 4.51. The molecule has 0 amide bonds. The molecule has 0 radical (unpaired) electrons. The van der Waals surface area contributed by atoms with Crippen molar-refractivity contribution in [3.05, 3.63) is 175 Å². The van der Waals surface area contributed by atoms with Crippen molar-refractivity contribution in [3.63, 3.8) is 0 Å². The van der Waals surface area contributed by atoms with Crippen molar-refractivity contribution >= 4 is 21.8 Å². The van der Waals surface area contributed by atoms with Gasteiger partial charge in [0.15, 0.2) is 11.6 Å². The van der Waals surface area contributed by atoms with Crippen molar-refractivity contribution in [2.24, 2.45) is 0 Å². The van der Waals surface area contributed by atoms with E-state index in [0.29, 0.717) is 5.82 Å². The third-order valence-corrected chi connectivity index (χ3v) is 10.5. The van der Waals surface area contributed by atoms with Crippen molar-refractivity contribution < 1.29 is 0 Å². The summed E-state index contributed by atoms with van der Waals surface area (Å²) in [5.74, 6) is 2.28. The first kappa shape index (κ1) is 29.3. The monoisotopic (exact) mass is 655 g/mol. The first-order valence-corrected chi connectivity index (χ1v) is 17.4. The van der Waals surface area contributed by atoms with Gasteiger partial charge in [0.25, 0.3) is 0 Å². The average Bonchev–Trinajstić information content (AvgIpc) is 3.85. The molecule has 6 aromatic carbocycles. The minimum Gasteiger partial charge on any atom is -0.294 e. The Kier molecular flexibility index (Phi) is 6.46. The van der Waals surface area contributed by atoms with Gasteiger partial charge in [-0.25, -0.2) is 4.98 Å². The molecule has 0 unspecified atom stereocenters. The van der Waals surface area contributed by atoms with Crippen molar-refractivity contribution in [2.45, 2.75) is 19.3 Å². The summed E-state index contributed by atoms with van der Waals surface area (Å²) in [5, 5.41) is 12.0. The molecular weight excluding hydrogens is 623 g/mol. The van der Waals surface area contributed by atoms with Gasteiger partial charge < -0.3 is 0 Å². The summed E-state index contributed by atoms with van der Waals surface area (Å²) < 4.78 is 4.35. The van der Waals surface area contributed by atoms with Crippen LogP contribution in [0.25, 0.3) is 78.5 Å². The van der Waals surface area contributed by atoms with Crippen LogP contribution in [0.5, 0.6) is 0 Å². The highest BCUT2D eigenvalue weighted by molar-refractivity contribution is 6.09. The number of pyridine rings is 1. The molecule has 0 atom stereocenters. The second-order valence-corrected chi connectivity index (χ2v) is 13.8. The number of hydrogen-bond donors (Lipinski definition) is 0. The topological polar surface area (TPSA) is 48.5 Å². The molecule has 0 saturated heterocycles. The maximum Gasteiger partial charge on any atom is 0.187 e. The third-order valence-electron chi connectivity index (χ3n) is 10.5. The van der Waals surface area contributed by atoms with Gasteiger partial charge >= 0.3 is 0 Å². The fourth-order valence-corrected chi connectivity index (χ4v) is 8.00. The number of hydrogen-bond acceptors (Lipinski definition) is 3. The Morgan fingerprint density at radius 1 is 0.451 bits per heavy atom. The fourth-order valence-electron chi connectivity index (χ4n) is 8.00. The predicted octanol–water partition coefficient (Wildman–Crippen LogP) is 11.1. The van der Waals surface area contributed by atoms with E-state index in [4.69, 9.17) is 15.2 Å². The molecule has 3 aromatic heterocycles. The van der Waals surface area contributed by atoms with E-state index in [0.717, 1.165) is 39.6 Å². The molecule has 0 N–H and O–H groups in total. The van der Waals surface area contributed by atoms with Crippen LogP contribution in [0, 0.1) is 0 Å². The van der Waals surface area contributed by atoms with E-state index in [1.165, 1.54) is 44.2 Å². The van der Waals surface area contributed by atoms with Gasteiger partial charge in [0, 0.05) is 27.4 Å². The molecule has 5 nitrogen and oxygen atoms in total. The Labute approximate surface area is 296 Å². The van der Waals surface area contributed by atoms with Crippen LogP contribution in [0.2, 0.25) is 0 Å². The van der Waals surface area contributed by atoms with Gasteiger partial charge in [0.2, 0.25) is 0 Å². The minimum atomic E-state index is -0.0444. The number of aromatic nitrogens is 5. The summed E-state index contributed by atoms with van der Waals surface area (Å²) in [4.78, 5) is 5.23. The smallest absolute Gasteiger partial charge is 0.187 e. The molecule has 10 rings (SSSR count). The van der Waals surface area contributed by atoms with Crippen LogP contribution in [0.4, 0.5) is 0 Å². The highest BCUT2D eigenvalue weighted by Crippen LogP contribution is 2.49. The van der Waals surface area contributed by atoms with Gasteiger partial charge in [-0.3, -0.25) is 9.13 Å². The predicted molar refractivity (Wildman–Crippen MR) is 207 cm³/mol. The zero-order chi connectivity index (χ0) is 34.1. The standard InChI is InChI=1S/C46H33N5/c1-46(2)38-18-9-6-15-34(38)35-28-27-32(29-39(35)46)30-23-25-31(26-24-30)44-48-49-45(50(44)33-13-4-3-5-14-33)40-19-12-22-43(47-40)51-41-20-10-7-16-36(41)37-17-8-11-21-42(37)51/h3-29H,1-2H3. The zero-order valence-corrected chi connectivity index (χ0v) is 28.3. The van der Waals surface area contributed by atoms with Crippen molar-refractivity contribution in [3.8, 4) is 56.7 Å². The molecule has 0 aliphatic heterocycles. The largest absolute Gasteiger partial charge is 0.294 e.